The van der Waals surface area contributed by atoms with Crippen molar-refractivity contribution in [3.8, 4) is 0 Å². The van der Waals surface area contributed by atoms with Gasteiger partial charge in [0.05, 0.1) is 0 Å². The number of nitrogens with one attached hydrogen (secondary N) is 2. The quantitative estimate of drug-likeness (QED) is 0.800. The SMILES string of the molecule is O=C(CCC1CCNCC1)NCc1ccc(CN2CCCCC2)cc1. The number of carbonyl (C=O) groups excluding carboxylic acids is 1. The van der Waals surface area contributed by atoms with Gasteiger partial charge in [-0.3, -0.25) is 9.69 Å². The van der Waals surface area contributed by atoms with Crippen LogP contribution in [-0.4, -0.2) is 37.0 Å². The fourth-order valence-electron chi connectivity index (χ4n) is 3.93. The summed E-state index contributed by atoms with van der Waals surface area (Å²) in [7, 11) is 0. The van der Waals surface area contributed by atoms with Gasteiger partial charge in [-0.1, -0.05) is 30.7 Å². The summed E-state index contributed by atoms with van der Waals surface area (Å²) in [6, 6.07) is 8.75. The Kier molecular flexibility index (Phi) is 7.31. The van der Waals surface area contributed by atoms with Crippen molar-refractivity contribution in [2.24, 2.45) is 5.92 Å². The second-order valence-electron chi connectivity index (χ2n) is 7.66. The molecule has 2 fully saturated rings. The second kappa shape index (κ2) is 9.93. The van der Waals surface area contributed by atoms with Gasteiger partial charge in [0.1, 0.15) is 0 Å². The lowest BCUT2D eigenvalue weighted by molar-refractivity contribution is -0.121. The number of carbonyl (C=O) groups is 1. The smallest absolute Gasteiger partial charge is 0.220 e. The third kappa shape index (κ3) is 6.44. The summed E-state index contributed by atoms with van der Waals surface area (Å²) in [5.74, 6) is 0.914. The molecule has 138 valence electrons. The minimum Gasteiger partial charge on any atom is -0.352 e. The molecule has 2 N–H and O–H groups in total. The number of amides is 1. The van der Waals surface area contributed by atoms with E-state index in [4.69, 9.17) is 0 Å². The van der Waals surface area contributed by atoms with Crippen LogP contribution in [0.5, 0.6) is 0 Å². The Morgan fingerprint density at radius 3 is 2.44 bits per heavy atom. The van der Waals surface area contributed by atoms with Gasteiger partial charge in [0, 0.05) is 19.5 Å². The average Bonchev–Trinajstić information content (AvgIpc) is 2.67. The van der Waals surface area contributed by atoms with Crippen molar-refractivity contribution < 1.29 is 4.79 Å². The summed E-state index contributed by atoms with van der Waals surface area (Å²) >= 11 is 0. The largest absolute Gasteiger partial charge is 0.352 e. The van der Waals surface area contributed by atoms with Crippen molar-refractivity contribution in [1.29, 1.82) is 0 Å². The molecule has 25 heavy (non-hydrogen) atoms. The molecular weight excluding hydrogens is 310 g/mol. The molecule has 2 aliphatic rings. The molecule has 0 bridgehead atoms. The van der Waals surface area contributed by atoms with Crippen LogP contribution in [0.25, 0.3) is 0 Å². The first-order valence-electron chi connectivity index (χ1n) is 10.1. The van der Waals surface area contributed by atoms with E-state index in [0.29, 0.717) is 13.0 Å². The zero-order chi connectivity index (χ0) is 17.3. The van der Waals surface area contributed by atoms with E-state index in [1.54, 1.807) is 0 Å². The van der Waals surface area contributed by atoms with Crippen LogP contribution in [0.4, 0.5) is 0 Å². The van der Waals surface area contributed by atoms with E-state index in [0.717, 1.165) is 32.0 Å². The fourth-order valence-corrected chi connectivity index (χ4v) is 3.93. The lowest BCUT2D eigenvalue weighted by Crippen LogP contribution is -2.29. The third-order valence-electron chi connectivity index (χ3n) is 5.61. The topological polar surface area (TPSA) is 44.4 Å². The van der Waals surface area contributed by atoms with Crippen molar-refractivity contribution in [1.82, 2.24) is 15.5 Å². The molecule has 2 saturated heterocycles. The van der Waals surface area contributed by atoms with Crippen molar-refractivity contribution in [2.45, 2.75) is 58.0 Å². The molecule has 3 rings (SSSR count). The highest BCUT2D eigenvalue weighted by molar-refractivity contribution is 5.75. The molecule has 4 heteroatoms. The number of hydrogen-bond donors (Lipinski definition) is 2. The lowest BCUT2D eigenvalue weighted by Gasteiger charge is -2.26. The number of benzene rings is 1. The summed E-state index contributed by atoms with van der Waals surface area (Å²) < 4.78 is 0. The Morgan fingerprint density at radius 2 is 1.72 bits per heavy atom. The van der Waals surface area contributed by atoms with Crippen LogP contribution in [0, 0.1) is 5.92 Å². The minimum atomic E-state index is 0.191. The fraction of sp³-hybridized carbons (Fsp3) is 0.667. The Labute approximate surface area is 152 Å². The standard InChI is InChI=1S/C21H33N3O/c25-21(9-8-18-10-12-22-13-11-18)23-16-19-4-6-20(7-5-19)17-24-14-2-1-3-15-24/h4-7,18,22H,1-3,8-17H2,(H,23,25). The van der Waals surface area contributed by atoms with Crippen molar-refractivity contribution in [3.05, 3.63) is 35.4 Å². The van der Waals surface area contributed by atoms with E-state index in [1.807, 2.05) is 0 Å². The molecule has 2 heterocycles. The van der Waals surface area contributed by atoms with Crippen LogP contribution in [0.2, 0.25) is 0 Å². The molecular formula is C21H33N3O. The monoisotopic (exact) mass is 343 g/mol. The molecule has 0 unspecified atom stereocenters. The van der Waals surface area contributed by atoms with E-state index in [9.17, 15) is 4.79 Å². The Morgan fingerprint density at radius 1 is 1.04 bits per heavy atom. The van der Waals surface area contributed by atoms with Gasteiger partial charge in [0.15, 0.2) is 0 Å². The normalized spacial score (nSPS) is 19.7. The van der Waals surface area contributed by atoms with E-state index >= 15 is 0 Å². The molecule has 2 aliphatic heterocycles. The number of rotatable bonds is 7. The number of likely N-dealkylation sites (tertiary alicyclic amines) is 1. The van der Waals surface area contributed by atoms with E-state index in [1.165, 1.54) is 56.3 Å². The third-order valence-corrected chi connectivity index (χ3v) is 5.61. The molecule has 0 spiro atoms. The average molecular weight is 344 g/mol. The summed E-state index contributed by atoms with van der Waals surface area (Å²) in [6.07, 6.45) is 8.17. The Balaban J connectivity index is 1.35. The lowest BCUT2D eigenvalue weighted by atomic mass is 9.93. The van der Waals surface area contributed by atoms with Gasteiger partial charge in [-0.2, -0.15) is 0 Å². The molecule has 1 amide bonds. The van der Waals surface area contributed by atoms with Crippen molar-refractivity contribution in [3.63, 3.8) is 0 Å². The summed E-state index contributed by atoms with van der Waals surface area (Å²) in [6.45, 7) is 6.38. The molecule has 1 aromatic carbocycles. The van der Waals surface area contributed by atoms with Gasteiger partial charge in [-0.25, -0.2) is 0 Å². The summed E-state index contributed by atoms with van der Waals surface area (Å²) in [4.78, 5) is 14.6. The Bertz CT molecular complexity index is 516. The predicted octanol–water partition coefficient (Wildman–Crippen LogP) is 3.07. The Hall–Kier alpha value is -1.39. The highest BCUT2D eigenvalue weighted by atomic mass is 16.1. The van der Waals surface area contributed by atoms with Gasteiger partial charge in [0.2, 0.25) is 5.91 Å². The van der Waals surface area contributed by atoms with Gasteiger partial charge in [-0.05, 0) is 75.3 Å². The van der Waals surface area contributed by atoms with Gasteiger partial charge >= 0.3 is 0 Å². The molecule has 0 aliphatic carbocycles. The highest BCUT2D eigenvalue weighted by Gasteiger charge is 2.14. The molecule has 4 nitrogen and oxygen atoms in total. The predicted molar refractivity (Wildman–Crippen MR) is 102 cm³/mol. The summed E-state index contributed by atoms with van der Waals surface area (Å²) in [5, 5.41) is 6.45. The van der Waals surface area contributed by atoms with Crippen LogP contribution < -0.4 is 10.6 Å². The molecule has 0 radical (unpaired) electrons. The molecule has 0 atom stereocenters. The highest BCUT2D eigenvalue weighted by Crippen LogP contribution is 2.17. The van der Waals surface area contributed by atoms with Crippen LogP contribution in [0.3, 0.4) is 0 Å². The van der Waals surface area contributed by atoms with Crippen LogP contribution in [-0.2, 0) is 17.9 Å². The van der Waals surface area contributed by atoms with E-state index < -0.39 is 0 Å². The van der Waals surface area contributed by atoms with Crippen LogP contribution in [0.1, 0.15) is 56.1 Å². The first kappa shape index (κ1) is 18.4. The van der Waals surface area contributed by atoms with Crippen LogP contribution in [0.15, 0.2) is 24.3 Å². The van der Waals surface area contributed by atoms with Crippen molar-refractivity contribution in [2.75, 3.05) is 26.2 Å². The minimum absolute atomic E-state index is 0.191. The van der Waals surface area contributed by atoms with E-state index in [2.05, 4.69) is 39.8 Å². The maximum Gasteiger partial charge on any atom is 0.220 e. The van der Waals surface area contributed by atoms with Gasteiger partial charge in [0.25, 0.3) is 0 Å². The number of hydrogen-bond acceptors (Lipinski definition) is 3. The van der Waals surface area contributed by atoms with E-state index in [-0.39, 0.29) is 5.91 Å². The zero-order valence-electron chi connectivity index (χ0n) is 15.4. The maximum atomic E-state index is 12.1. The van der Waals surface area contributed by atoms with Crippen LogP contribution >= 0.6 is 0 Å². The first-order chi connectivity index (χ1) is 12.3. The zero-order valence-corrected chi connectivity index (χ0v) is 15.4. The summed E-state index contributed by atoms with van der Waals surface area (Å²) in [5.41, 5.74) is 2.57. The van der Waals surface area contributed by atoms with Gasteiger partial charge < -0.3 is 10.6 Å². The van der Waals surface area contributed by atoms with Gasteiger partial charge in [-0.15, -0.1) is 0 Å². The number of piperidine rings is 2. The second-order valence-corrected chi connectivity index (χ2v) is 7.66. The molecule has 0 aromatic heterocycles. The first-order valence-corrected chi connectivity index (χ1v) is 10.1. The molecule has 1 aromatic rings. The number of nitrogens with zero attached hydrogens (tertiary/aromatic N) is 1. The molecule has 0 saturated carbocycles. The maximum absolute atomic E-state index is 12.1. The van der Waals surface area contributed by atoms with Crippen molar-refractivity contribution >= 4 is 5.91 Å².